The summed E-state index contributed by atoms with van der Waals surface area (Å²) in [5.41, 5.74) is 1.29. The second-order valence-electron chi connectivity index (χ2n) is 6.01. The summed E-state index contributed by atoms with van der Waals surface area (Å²) in [6.07, 6.45) is 6.29. The van der Waals surface area contributed by atoms with E-state index >= 15 is 0 Å². The Bertz CT molecular complexity index is 421. The predicted octanol–water partition coefficient (Wildman–Crippen LogP) is 4.08. The van der Waals surface area contributed by atoms with Crippen molar-refractivity contribution in [1.29, 1.82) is 0 Å². The third kappa shape index (κ3) is 5.01. The van der Waals surface area contributed by atoms with E-state index in [1.165, 1.54) is 12.0 Å². The second kappa shape index (κ2) is 8.40. The maximum absolute atomic E-state index is 6.17. The molecule has 1 aliphatic carbocycles. The molecule has 3 heteroatoms. The first-order chi connectivity index (χ1) is 10.2. The van der Waals surface area contributed by atoms with Gasteiger partial charge in [-0.2, -0.15) is 0 Å². The van der Waals surface area contributed by atoms with Gasteiger partial charge in [0.15, 0.2) is 0 Å². The molecule has 0 aromatic heterocycles. The zero-order valence-corrected chi connectivity index (χ0v) is 13.6. The minimum Gasteiger partial charge on any atom is -0.490 e. The Morgan fingerprint density at radius 3 is 2.86 bits per heavy atom. The van der Waals surface area contributed by atoms with Crippen molar-refractivity contribution < 1.29 is 9.47 Å². The van der Waals surface area contributed by atoms with Crippen LogP contribution < -0.4 is 10.1 Å². The monoisotopic (exact) mass is 291 g/mol. The van der Waals surface area contributed by atoms with Crippen LogP contribution in [0.3, 0.4) is 0 Å². The van der Waals surface area contributed by atoms with Crippen LogP contribution in [0.4, 0.5) is 0 Å². The van der Waals surface area contributed by atoms with Gasteiger partial charge in [0.2, 0.25) is 0 Å². The Morgan fingerprint density at radius 1 is 1.29 bits per heavy atom. The summed E-state index contributed by atoms with van der Waals surface area (Å²) < 4.78 is 11.7. The van der Waals surface area contributed by atoms with Gasteiger partial charge < -0.3 is 14.8 Å². The molecule has 0 heterocycles. The molecule has 0 saturated heterocycles. The van der Waals surface area contributed by atoms with Crippen molar-refractivity contribution in [3.63, 3.8) is 0 Å². The van der Waals surface area contributed by atoms with Crippen LogP contribution in [-0.4, -0.2) is 25.9 Å². The van der Waals surface area contributed by atoms with Crippen LogP contribution in [0.25, 0.3) is 0 Å². The first-order valence-electron chi connectivity index (χ1n) is 8.25. The largest absolute Gasteiger partial charge is 0.490 e. The van der Waals surface area contributed by atoms with Crippen molar-refractivity contribution in [3.8, 4) is 5.75 Å². The van der Waals surface area contributed by atoms with Crippen LogP contribution in [0.15, 0.2) is 24.3 Å². The smallest absolute Gasteiger partial charge is 0.120 e. The number of ether oxygens (including phenoxy) is 2. The van der Waals surface area contributed by atoms with Crippen molar-refractivity contribution >= 4 is 0 Å². The molecule has 0 radical (unpaired) electrons. The molecule has 3 atom stereocenters. The van der Waals surface area contributed by atoms with Crippen LogP contribution in [0.5, 0.6) is 5.75 Å². The van der Waals surface area contributed by atoms with Gasteiger partial charge >= 0.3 is 0 Å². The average Bonchev–Trinajstić information content (AvgIpc) is 2.53. The fraction of sp³-hybridized carbons (Fsp3) is 0.667. The molecule has 1 aromatic rings. The van der Waals surface area contributed by atoms with Crippen LogP contribution in [-0.2, 0) is 4.74 Å². The lowest BCUT2D eigenvalue weighted by Gasteiger charge is -2.29. The van der Waals surface area contributed by atoms with Gasteiger partial charge in [0, 0.05) is 19.6 Å². The van der Waals surface area contributed by atoms with Crippen molar-refractivity contribution in [3.05, 3.63) is 29.8 Å². The van der Waals surface area contributed by atoms with E-state index in [0.29, 0.717) is 12.1 Å². The molecule has 21 heavy (non-hydrogen) atoms. The molecule has 1 fully saturated rings. The first-order valence-corrected chi connectivity index (χ1v) is 8.25. The normalized spacial score (nSPS) is 23.8. The average molecular weight is 291 g/mol. The lowest BCUT2D eigenvalue weighted by molar-refractivity contribution is 0.0209. The van der Waals surface area contributed by atoms with Gasteiger partial charge in [-0.25, -0.2) is 0 Å². The molecule has 1 aromatic carbocycles. The third-order valence-corrected chi connectivity index (χ3v) is 4.27. The van der Waals surface area contributed by atoms with E-state index in [0.717, 1.165) is 38.0 Å². The maximum atomic E-state index is 6.17. The number of hydrogen-bond acceptors (Lipinski definition) is 3. The van der Waals surface area contributed by atoms with E-state index in [1.54, 1.807) is 7.11 Å². The van der Waals surface area contributed by atoms with E-state index in [2.05, 4.69) is 43.4 Å². The highest BCUT2D eigenvalue weighted by atomic mass is 16.5. The third-order valence-electron chi connectivity index (χ3n) is 4.27. The predicted molar refractivity (Wildman–Crippen MR) is 86.8 cm³/mol. The topological polar surface area (TPSA) is 30.5 Å². The van der Waals surface area contributed by atoms with Gasteiger partial charge in [0.25, 0.3) is 0 Å². The van der Waals surface area contributed by atoms with Gasteiger partial charge in [-0.15, -0.1) is 0 Å². The van der Waals surface area contributed by atoms with E-state index in [1.807, 2.05) is 0 Å². The molecule has 1 N–H and O–H groups in total. The van der Waals surface area contributed by atoms with E-state index in [-0.39, 0.29) is 6.10 Å². The van der Waals surface area contributed by atoms with E-state index in [4.69, 9.17) is 9.47 Å². The summed E-state index contributed by atoms with van der Waals surface area (Å²) in [5.74, 6) is 0.986. The summed E-state index contributed by atoms with van der Waals surface area (Å²) >= 11 is 0. The van der Waals surface area contributed by atoms with Crippen LogP contribution in [0, 0.1) is 0 Å². The number of benzene rings is 1. The molecule has 0 aliphatic heterocycles. The molecule has 1 aliphatic rings. The number of hydrogen-bond donors (Lipinski definition) is 1. The lowest BCUT2D eigenvalue weighted by atomic mass is 9.95. The molecule has 3 nitrogen and oxygen atoms in total. The standard InChI is InChI=1S/C18H29NO2/c1-4-11-19-14(2)15-7-5-9-17(12-15)21-18-10-6-8-16(13-18)20-3/h5,7,9,12,14,16,18-19H,4,6,8,10-11,13H2,1-3H3. The van der Waals surface area contributed by atoms with Crippen molar-refractivity contribution in [2.75, 3.05) is 13.7 Å². The minimum atomic E-state index is 0.290. The summed E-state index contributed by atoms with van der Waals surface area (Å²) in [5, 5.41) is 3.52. The summed E-state index contributed by atoms with van der Waals surface area (Å²) in [6, 6.07) is 8.85. The highest BCUT2D eigenvalue weighted by Crippen LogP contribution is 2.26. The molecule has 0 bridgehead atoms. The van der Waals surface area contributed by atoms with Crippen molar-refractivity contribution in [2.24, 2.45) is 0 Å². The molecule has 3 unspecified atom stereocenters. The number of rotatable bonds is 7. The fourth-order valence-electron chi connectivity index (χ4n) is 2.95. The Hall–Kier alpha value is -1.06. The molecule has 118 valence electrons. The molecular weight excluding hydrogens is 262 g/mol. The molecule has 0 amide bonds. The molecule has 1 saturated carbocycles. The maximum Gasteiger partial charge on any atom is 0.120 e. The van der Waals surface area contributed by atoms with Gasteiger partial charge in [-0.05, 0) is 56.8 Å². The first kappa shape index (κ1) is 16.3. The summed E-state index contributed by atoms with van der Waals surface area (Å²) in [4.78, 5) is 0. The Balaban J connectivity index is 1.94. The molecule has 2 rings (SSSR count). The highest BCUT2D eigenvalue weighted by molar-refractivity contribution is 5.30. The van der Waals surface area contributed by atoms with Gasteiger partial charge in [-0.1, -0.05) is 19.1 Å². The Morgan fingerprint density at radius 2 is 2.10 bits per heavy atom. The highest BCUT2D eigenvalue weighted by Gasteiger charge is 2.23. The van der Waals surface area contributed by atoms with Gasteiger partial charge in [-0.3, -0.25) is 0 Å². The number of nitrogens with one attached hydrogen (secondary N) is 1. The SMILES string of the molecule is CCCNC(C)c1cccc(OC2CCCC(OC)C2)c1. The Kier molecular flexibility index (Phi) is 6.52. The zero-order chi connectivity index (χ0) is 15.1. The van der Waals surface area contributed by atoms with Crippen molar-refractivity contribution in [2.45, 2.75) is 64.2 Å². The van der Waals surface area contributed by atoms with Crippen LogP contribution >= 0.6 is 0 Å². The van der Waals surface area contributed by atoms with Gasteiger partial charge in [0.05, 0.1) is 6.10 Å². The fourth-order valence-corrected chi connectivity index (χ4v) is 2.95. The quantitative estimate of drug-likeness (QED) is 0.821. The zero-order valence-electron chi connectivity index (χ0n) is 13.6. The van der Waals surface area contributed by atoms with E-state index < -0.39 is 0 Å². The van der Waals surface area contributed by atoms with Crippen molar-refractivity contribution in [1.82, 2.24) is 5.32 Å². The summed E-state index contributed by atoms with van der Waals surface area (Å²) in [6.45, 7) is 5.44. The lowest BCUT2D eigenvalue weighted by Crippen LogP contribution is -2.29. The Labute approximate surface area is 129 Å². The number of methoxy groups -OCH3 is 1. The molecular formula is C18H29NO2. The second-order valence-corrected chi connectivity index (χ2v) is 6.01. The van der Waals surface area contributed by atoms with Crippen LogP contribution in [0.2, 0.25) is 0 Å². The minimum absolute atomic E-state index is 0.290. The van der Waals surface area contributed by atoms with Crippen LogP contribution in [0.1, 0.15) is 57.6 Å². The van der Waals surface area contributed by atoms with Gasteiger partial charge in [0.1, 0.15) is 11.9 Å². The summed E-state index contributed by atoms with van der Waals surface area (Å²) in [7, 11) is 1.80. The molecule has 0 spiro atoms. The van der Waals surface area contributed by atoms with E-state index in [9.17, 15) is 0 Å².